The zero-order chi connectivity index (χ0) is 21.3. The Morgan fingerprint density at radius 3 is 2.53 bits per heavy atom. The van der Waals surface area contributed by atoms with Crippen LogP contribution >= 0.6 is 0 Å². The van der Waals surface area contributed by atoms with Crippen molar-refractivity contribution in [3.05, 3.63) is 59.7 Å². The fraction of sp³-hybridized carbons (Fsp3) is 0.409. The molecule has 1 fully saturated rings. The number of hydrogen-bond acceptors (Lipinski definition) is 5. The third-order valence-electron chi connectivity index (χ3n) is 4.94. The molecule has 0 aromatic heterocycles. The molecule has 1 aliphatic heterocycles. The van der Waals surface area contributed by atoms with Crippen molar-refractivity contribution in [3.8, 4) is 11.5 Å². The first-order valence-corrected chi connectivity index (χ1v) is 9.82. The lowest BCUT2D eigenvalue weighted by Crippen LogP contribution is -2.45. The third-order valence-corrected chi connectivity index (χ3v) is 4.94. The van der Waals surface area contributed by atoms with Gasteiger partial charge in [0.15, 0.2) is 11.5 Å². The number of carbonyl (C=O) groups excluding carboxylic acids is 1. The number of carbonyl (C=O) groups is 1. The Bertz CT molecular complexity index is 814. The van der Waals surface area contributed by atoms with E-state index in [1.165, 1.54) is 13.2 Å². The Morgan fingerprint density at radius 2 is 1.87 bits per heavy atom. The fourth-order valence-electron chi connectivity index (χ4n) is 3.41. The van der Waals surface area contributed by atoms with E-state index in [1.54, 1.807) is 12.1 Å². The van der Waals surface area contributed by atoms with Crippen molar-refractivity contribution in [1.82, 2.24) is 10.2 Å². The summed E-state index contributed by atoms with van der Waals surface area (Å²) in [5.41, 5.74) is 1.78. The molecule has 1 N–H and O–H groups in total. The fourth-order valence-corrected chi connectivity index (χ4v) is 3.41. The van der Waals surface area contributed by atoms with Crippen molar-refractivity contribution in [1.29, 1.82) is 0 Å². The number of rotatable bonds is 9. The molecule has 0 saturated carbocycles. The van der Waals surface area contributed by atoms with Crippen molar-refractivity contribution in [3.63, 3.8) is 0 Å². The van der Waals surface area contributed by atoms with Crippen LogP contribution in [-0.2, 0) is 16.1 Å². The highest BCUT2D eigenvalue weighted by Crippen LogP contribution is 2.29. The molecule has 3 rings (SSSR count). The third kappa shape index (κ3) is 5.90. The van der Waals surface area contributed by atoms with E-state index in [9.17, 15) is 13.6 Å². The number of nitrogens with one attached hydrogen (secondary N) is 1. The number of alkyl halides is 2. The molecule has 30 heavy (non-hydrogen) atoms. The van der Waals surface area contributed by atoms with Crippen molar-refractivity contribution in [2.45, 2.75) is 19.1 Å². The maximum atomic E-state index is 13.1. The second-order valence-corrected chi connectivity index (χ2v) is 6.90. The molecule has 0 aliphatic carbocycles. The Balaban J connectivity index is 1.66. The molecule has 0 radical (unpaired) electrons. The van der Waals surface area contributed by atoms with Crippen LogP contribution in [0.25, 0.3) is 0 Å². The molecular formula is C22H26F2N2O4. The zero-order valence-corrected chi connectivity index (χ0v) is 16.9. The summed E-state index contributed by atoms with van der Waals surface area (Å²) in [7, 11) is 1.40. The van der Waals surface area contributed by atoms with Gasteiger partial charge >= 0.3 is 6.61 Å². The lowest BCUT2D eigenvalue weighted by molar-refractivity contribution is -0.136. The number of hydrogen-bond donors (Lipinski definition) is 1. The largest absolute Gasteiger partial charge is 0.493 e. The second kappa shape index (κ2) is 10.9. The van der Waals surface area contributed by atoms with Crippen molar-refractivity contribution in [2.75, 3.05) is 40.0 Å². The molecule has 1 saturated heterocycles. The Morgan fingerprint density at radius 1 is 1.13 bits per heavy atom. The number of methoxy groups -OCH3 is 1. The van der Waals surface area contributed by atoms with E-state index in [0.29, 0.717) is 39.4 Å². The van der Waals surface area contributed by atoms with Crippen LogP contribution in [0.5, 0.6) is 11.5 Å². The van der Waals surface area contributed by atoms with Gasteiger partial charge in [-0.25, -0.2) is 0 Å². The number of ether oxygens (including phenoxy) is 3. The molecule has 1 unspecified atom stereocenters. The standard InChI is InChI=1S/C22H26F2N2O4/c1-28-20-13-16(7-8-19(20)30-22(23)24)14-25-15-18(17-5-3-2-4-6-17)21(27)26-9-11-29-12-10-26/h2-8,13,18,22,25H,9-12,14-15H2,1H3. The number of halogens is 2. The molecule has 0 bridgehead atoms. The summed E-state index contributed by atoms with van der Waals surface area (Å²) in [5, 5.41) is 3.31. The van der Waals surface area contributed by atoms with Gasteiger partial charge in [0.05, 0.1) is 26.2 Å². The first-order valence-electron chi connectivity index (χ1n) is 9.82. The maximum Gasteiger partial charge on any atom is 0.387 e. The highest BCUT2D eigenvalue weighted by Gasteiger charge is 2.26. The van der Waals surface area contributed by atoms with Gasteiger partial charge in [-0.1, -0.05) is 36.4 Å². The SMILES string of the molecule is COc1cc(CNCC(C(=O)N2CCOCC2)c2ccccc2)ccc1OC(F)F. The Kier molecular flexibility index (Phi) is 7.98. The molecule has 1 atom stereocenters. The van der Waals surface area contributed by atoms with E-state index in [4.69, 9.17) is 9.47 Å². The first kappa shape index (κ1) is 22.0. The van der Waals surface area contributed by atoms with Gasteiger partial charge in [-0.3, -0.25) is 4.79 Å². The maximum absolute atomic E-state index is 13.1. The van der Waals surface area contributed by atoms with Crippen LogP contribution in [0.3, 0.4) is 0 Å². The van der Waals surface area contributed by atoms with Gasteiger partial charge in [0, 0.05) is 26.2 Å². The van der Waals surface area contributed by atoms with E-state index >= 15 is 0 Å². The summed E-state index contributed by atoms with van der Waals surface area (Å²) in [6.07, 6.45) is 0. The molecular weight excluding hydrogens is 394 g/mol. The second-order valence-electron chi connectivity index (χ2n) is 6.90. The van der Waals surface area contributed by atoms with Gasteiger partial charge in [0.2, 0.25) is 5.91 Å². The minimum Gasteiger partial charge on any atom is -0.493 e. The molecule has 1 aliphatic rings. The van der Waals surface area contributed by atoms with Crippen molar-refractivity contribution >= 4 is 5.91 Å². The van der Waals surface area contributed by atoms with E-state index in [0.717, 1.165) is 11.1 Å². The Hall–Kier alpha value is -2.71. The van der Waals surface area contributed by atoms with Crippen LogP contribution in [0, 0.1) is 0 Å². The van der Waals surface area contributed by atoms with Gasteiger partial charge in [-0.15, -0.1) is 0 Å². The monoisotopic (exact) mass is 420 g/mol. The number of amides is 1. The van der Waals surface area contributed by atoms with E-state index in [2.05, 4.69) is 10.1 Å². The van der Waals surface area contributed by atoms with E-state index in [1.807, 2.05) is 35.2 Å². The predicted molar refractivity (Wildman–Crippen MR) is 108 cm³/mol. The smallest absolute Gasteiger partial charge is 0.387 e. The van der Waals surface area contributed by atoms with Crippen LogP contribution in [0.4, 0.5) is 8.78 Å². The van der Waals surface area contributed by atoms with Gasteiger partial charge in [0.1, 0.15) is 0 Å². The van der Waals surface area contributed by atoms with Crippen molar-refractivity contribution in [2.24, 2.45) is 0 Å². The van der Waals surface area contributed by atoms with Gasteiger partial charge in [-0.2, -0.15) is 8.78 Å². The molecule has 0 spiro atoms. The normalized spacial score (nSPS) is 15.1. The average molecular weight is 420 g/mol. The minimum absolute atomic E-state index is 0.0130. The summed E-state index contributed by atoms with van der Waals surface area (Å²) >= 11 is 0. The summed E-state index contributed by atoms with van der Waals surface area (Å²) < 4.78 is 39.9. The molecule has 1 heterocycles. The summed E-state index contributed by atoms with van der Waals surface area (Å²) in [6.45, 7) is 0.250. The first-order chi connectivity index (χ1) is 14.6. The van der Waals surface area contributed by atoms with Gasteiger partial charge in [0.25, 0.3) is 0 Å². The summed E-state index contributed by atoms with van der Waals surface area (Å²) in [6, 6.07) is 14.4. The average Bonchev–Trinajstić information content (AvgIpc) is 2.78. The topological polar surface area (TPSA) is 60.0 Å². The van der Waals surface area contributed by atoms with Gasteiger partial charge < -0.3 is 24.4 Å². The van der Waals surface area contributed by atoms with E-state index < -0.39 is 6.61 Å². The molecule has 6 nitrogen and oxygen atoms in total. The minimum atomic E-state index is -2.92. The van der Waals surface area contributed by atoms with E-state index in [-0.39, 0.29) is 23.3 Å². The number of benzene rings is 2. The summed E-state index contributed by atoms with van der Waals surface area (Å²) in [5.74, 6) is -0.0394. The lowest BCUT2D eigenvalue weighted by Gasteiger charge is -2.30. The lowest BCUT2D eigenvalue weighted by atomic mass is 9.97. The van der Waals surface area contributed by atoms with Crippen molar-refractivity contribution < 1.29 is 27.8 Å². The molecule has 162 valence electrons. The number of nitrogens with zero attached hydrogens (tertiary/aromatic N) is 1. The highest BCUT2D eigenvalue weighted by molar-refractivity contribution is 5.84. The Labute approximate surface area is 174 Å². The predicted octanol–water partition coefficient (Wildman–Crippen LogP) is 3.03. The number of morpholine rings is 1. The molecule has 2 aromatic rings. The highest BCUT2D eigenvalue weighted by atomic mass is 19.3. The van der Waals surface area contributed by atoms with Crippen LogP contribution in [0.15, 0.2) is 48.5 Å². The molecule has 8 heteroatoms. The van der Waals surface area contributed by atoms with Crippen LogP contribution in [0.2, 0.25) is 0 Å². The van der Waals surface area contributed by atoms with Crippen LogP contribution < -0.4 is 14.8 Å². The van der Waals surface area contributed by atoms with Gasteiger partial charge in [-0.05, 0) is 23.3 Å². The quantitative estimate of drug-likeness (QED) is 0.676. The zero-order valence-electron chi connectivity index (χ0n) is 16.9. The summed E-state index contributed by atoms with van der Waals surface area (Å²) in [4.78, 5) is 14.9. The van der Waals surface area contributed by atoms with Crippen LogP contribution in [0.1, 0.15) is 17.0 Å². The molecule has 1 amide bonds. The van der Waals surface area contributed by atoms with Crippen LogP contribution in [-0.4, -0.2) is 57.4 Å². The molecule has 2 aromatic carbocycles.